The summed E-state index contributed by atoms with van der Waals surface area (Å²) < 4.78 is 3.05. The van der Waals surface area contributed by atoms with Crippen LogP contribution in [0.4, 0.5) is 0 Å². The number of nitrogens with one attached hydrogen (secondary N) is 1. The minimum absolute atomic E-state index is 0.0759. The van der Waals surface area contributed by atoms with Crippen molar-refractivity contribution in [1.29, 1.82) is 0 Å². The van der Waals surface area contributed by atoms with Crippen LogP contribution in [0.3, 0.4) is 0 Å². The summed E-state index contributed by atoms with van der Waals surface area (Å²) in [6.07, 6.45) is 1.69. The Hall–Kier alpha value is -0.590. The molecular weight excluding hydrogens is 361 g/mol. The molecule has 0 spiro atoms. The van der Waals surface area contributed by atoms with Crippen LogP contribution in [0, 0.1) is 3.57 Å². The lowest BCUT2D eigenvalue weighted by molar-refractivity contribution is 0.573. The molecular formula is C13H15ClIN3. The van der Waals surface area contributed by atoms with Gasteiger partial charge < -0.3 is 5.32 Å². The van der Waals surface area contributed by atoms with Gasteiger partial charge in [-0.15, -0.1) is 0 Å². The summed E-state index contributed by atoms with van der Waals surface area (Å²) in [7, 11) is 1.91. The van der Waals surface area contributed by atoms with E-state index in [0.717, 1.165) is 12.2 Å². The predicted molar refractivity (Wildman–Crippen MR) is 82.9 cm³/mol. The fourth-order valence-electron chi connectivity index (χ4n) is 1.98. The molecule has 1 aromatic heterocycles. The van der Waals surface area contributed by atoms with Crippen LogP contribution >= 0.6 is 34.2 Å². The third-order valence-corrected chi connectivity index (χ3v) is 3.83. The molecule has 1 atom stereocenters. The Balaban J connectivity index is 2.43. The van der Waals surface area contributed by atoms with Crippen LogP contribution in [0.2, 0.25) is 5.02 Å². The normalized spacial score (nSPS) is 12.7. The number of hydrogen-bond acceptors (Lipinski definition) is 2. The van der Waals surface area contributed by atoms with Crippen molar-refractivity contribution in [2.75, 3.05) is 6.54 Å². The fraction of sp³-hybridized carbons (Fsp3) is 0.308. The molecule has 0 bridgehead atoms. The zero-order chi connectivity index (χ0) is 13.1. The number of hydrogen-bond donors (Lipinski definition) is 1. The van der Waals surface area contributed by atoms with Crippen molar-refractivity contribution >= 4 is 34.2 Å². The zero-order valence-electron chi connectivity index (χ0n) is 10.3. The minimum atomic E-state index is 0.0759. The minimum Gasteiger partial charge on any atom is -0.305 e. The molecule has 0 saturated carbocycles. The second-order valence-electron chi connectivity index (χ2n) is 4.04. The van der Waals surface area contributed by atoms with Crippen LogP contribution in [0.5, 0.6) is 0 Å². The third kappa shape index (κ3) is 2.87. The number of aryl methyl sites for hydroxylation is 1. The summed E-state index contributed by atoms with van der Waals surface area (Å²) in [5.41, 5.74) is 2.20. The number of aromatic nitrogens is 2. The highest BCUT2D eigenvalue weighted by molar-refractivity contribution is 14.1. The first-order valence-electron chi connectivity index (χ1n) is 5.79. The van der Waals surface area contributed by atoms with Crippen LogP contribution in [0.25, 0.3) is 0 Å². The molecule has 0 aliphatic carbocycles. The number of benzene rings is 1. The van der Waals surface area contributed by atoms with Crippen molar-refractivity contribution in [3.05, 3.63) is 50.3 Å². The Morgan fingerprint density at radius 3 is 2.56 bits per heavy atom. The highest BCUT2D eigenvalue weighted by Crippen LogP contribution is 2.28. The van der Waals surface area contributed by atoms with Gasteiger partial charge in [0.25, 0.3) is 0 Å². The molecule has 0 fully saturated rings. The molecule has 2 aromatic rings. The average molecular weight is 376 g/mol. The van der Waals surface area contributed by atoms with Gasteiger partial charge in [-0.05, 0) is 46.8 Å². The largest absolute Gasteiger partial charge is 0.305 e. The maximum atomic E-state index is 6.23. The maximum absolute atomic E-state index is 6.23. The van der Waals surface area contributed by atoms with Gasteiger partial charge in [-0.2, -0.15) is 5.10 Å². The second kappa shape index (κ2) is 6.04. The molecule has 2 rings (SSSR count). The fourth-order valence-corrected chi connectivity index (χ4v) is 2.61. The van der Waals surface area contributed by atoms with Crippen molar-refractivity contribution < 1.29 is 0 Å². The summed E-state index contributed by atoms with van der Waals surface area (Å²) in [6, 6.07) is 8.53. The number of halogens is 2. The van der Waals surface area contributed by atoms with Gasteiger partial charge in [-0.3, -0.25) is 4.68 Å². The molecule has 0 aliphatic heterocycles. The van der Waals surface area contributed by atoms with E-state index < -0.39 is 0 Å². The summed E-state index contributed by atoms with van der Waals surface area (Å²) in [5.74, 6) is 0. The van der Waals surface area contributed by atoms with Gasteiger partial charge in [0.1, 0.15) is 0 Å². The molecule has 1 aromatic carbocycles. The van der Waals surface area contributed by atoms with E-state index in [4.69, 9.17) is 11.6 Å². The summed E-state index contributed by atoms with van der Waals surface area (Å²) >= 11 is 8.54. The summed E-state index contributed by atoms with van der Waals surface area (Å²) in [4.78, 5) is 0. The van der Waals surface area contributed by atoms with Gasteiger partial charge in [0, 0.05) is 10.6 Å². The lowest BCUT2D eigenvalue weighted by atomic mass is 10.0. The van der Waals surface area contributed by atoms with E-state index in [0.29, 0.717) is 5.02 Å². The number of nitrogens with zero attached hydrogens (tertiary/aromatic N) is 2. The van der Waals surface area contributed by atoms with Crippen molar-refractivity contribution in [2.24, 2.45) is 7.05 Å². The van der Waals surface area contributed by atoms with Gasteiger partial charge in [0.05, 0.1) is 23.0 Å². The molecule has 96 valence electrons. The standard InChI is InChI=1S/C13H15ClIN3/c1-3-16-12(9-4-6-10(15)7-5-9)13-11(14)8-17-18(13)2/h4-8,12,16H,3H2,1-2H3. The van der Waals surface area contributed by atoms with Crippen LogP contribution in [0.15, 0.2) is 30.5 Å². The van der Waals surface area contributed by atoms with Crippen molar-refractivity contribution in [3.63, 3.8) is 0 Å². The van der Waals surface area contributed by atoms with E-state index in [9.17, 15) is 0 Å². The number of rotatable bonds is 4. The predicted octanol–water partition coefficient (Wildman–Crippen LogP) is 3.38. The Labute approximate surface area is 126 Å². The second-order valence-corrected chi connectivity index (χ2v) is 5.70. The molecule has 18 heavy (non-hydrogen) atoms. The molecule has 0 radical (unpaired) electrons. The molecule has 1 N–H and O–H groups in total. The van der Waals surface area contributed by atoms with Gasteiger partial charge in [0.15, 0.2) is 0 Å². The van der Waals surface area contributed by atoms with E-state index in [1.165, 1.54) is 9.13 Å². The van der Waals surface area contributed by atoms with Gasteiger partial charge in [-0.25, -0.2) is 0 Å². The molecule has 1 heterocycles. The van der Waals surface area contributed by atoms with Crippen molar-refractivity contribution in [1.82, 2.24) is 15.1 Å². The maximum Gasteiger partial charge on any atom is 0.0837 e. The lowest BCUT2D eigenvalue weighted by Crippen LogP contribution is -2.24. The molecule has 0 amide bonds. The van der Waals surface area contributed by atoms with Crippen LogP contribution < -0.4 is 5.32 Å². The molecule has 0 saturated heterocycles. The Morgan fingerprint density at radius 1 is 1.39 bits per heavy atom. The Morgan fingerprint density at radius 2 is 2.06 bits per heavy atom. The van der Waals surface area contributed by atoms with Gasteiger partial charge in [-0.1, -0.05) is 30.7 Å². The summed E-state index contributed by atoms with van der Waals surface area (Å²) in [5, 5.41) is 8.36. The Bertz CT molecular complexity index is 502. The molecule has 3 nitrogen and oxygen atoms in total. The molecule has 0 aliphatic rings. The van der Waals surface area contributed by atoms with Crippen molar-refractivity contribution in [2.45, 2.75) is 13.0 Å². The SMILES string of the molecule is CCNC(c1ccc(I)cc1)c1c(Cl)cnn1C. The first-order valence-corrected chi connectivity index (χ1v) is 7.25. The van der Waals surface area contributed by atoms with E-state index in [1.807, 2.05) is 11.7 Å². The lowest BCUT2D eigenvalue weighted by Gasteiger charge is -2.19. The zero-order valence-corrected chi connectivity index (χ0v) is 13.2. The van der Waals surface area contributed by atoms with E-state index >= 15 is 0 Å². The van der Waals surface area contributed by atoms with E-state index in [-0.39, 0.29) is 6.04 Å². The summed E-state index contributed by atoms with van der Waals surface area (Å²) in [6.45, 7) is 2.96. The average Bonchev–Trinajstić information content (AvgIpc) is 2.68. The third-order valence-electron chi connectivity index (χ3n) is 2.82. The monoisotopic (exact) mass is 375 g/mol. The van der Waals surface area contributed by atoms with Crippen LogP contribution in [-0.2, 0) is 7.05 Å². The Kier molecular flexibility index (Phi) is 4.64. The topological polar surface area (TPSA) is 29.9 Å². The molecule has 5 heteroatoms. The highest BCUT2D eigenvalue weighted by atomic mass is 127. The molecule has 1 unspecified atom stereocenters. The smallest absolute Gasteiger partial charge is 0.0837 e. The highest BCUT2D eigenvalue weighted by Gasteiger charge is 2.19. The van der Waals surface area contributed by atoms with Crippen molar-refractivity contribution in [3.8, 4) is 0 Å². The van der Waals surface area contributed by atoms with Gasteiger partial charge in [0.2, 0.25) is 0 Å². The first kappa shape index (κ1) is 13.8. The van der Waals surface area contributed by atoms with E-state index in [2.05, 4.69) is 64.2 Å². The first-order chi connectivity index (χ1) is 8.63. The quantitative estimate of drug-likeness (QED) is 0.830. The van der Waals surface area contributed by atoms with Crippen LogP contribution in [-0.4, -0.2) is 16.3 Å². The van der Waals surface area contributed by atoms with Crippen LogP contribution in [0.1, 0.15) is 24.2 Å². The van der Waals surface area contributed by atoms with Gasteiger partial charge >= 0.3 is 0 Å². The van der Waals surface area contributed by atoms with E-state index in [1.54, 1.807) is 6.20 Å².